The predicted octanol–water partition coefficient (Wildman–Crippen LogP) is 0.906. The highest BCUT2D eigenvalue weighted by atomic mass is 35.5. The number of morpholine rings is 1. The Bertz CT molecular complexity index is 998. The van der Waals surface area contributed by atoms with Crippen LogP contribution in [-0.4, -0.2) is 85.6 Å². The average Bonchev–Trinajstić information content (AvgIpc) is 3.24. The number of carbonyl (C=O) groups excluding carboxylic acids is 1. The molecule has 4 rings (SSSR count). The van der Waals surface area contributed by atoms with Gasteiger partial charge in [0.1, 0.15) is 6.54 Å². The number of rotatable bonds is 5. The van der Waals surface area contributed by atoms with Gasteiger partial charge in [-0.3, -0.25) is 4.79 Å². The smallest absolute Gasteiger partial charge is 0.262 e. The highest BCUT2D eigenvalue weighted by Crippen LogP contribution is 2.21. The Labute approximate surface area is 180 Å². The number of hydrogen-bond donors (Lipinski definition) is 0. The number of halogens is 1. The summed E-state index contributed by atoms with van der Waals surface area (Å²) in [4.78, 5) is 20.7. The lowest BCUT2D eigenvalue weighted by Crippen LogP contribution is -2.49. The third-order valence-electron chi connectivity index (χ3n) is 5.31. The molecule has 1 amide bonds. The average molecular weight is 454 g/mol. The van der Waals surface area contributed by atoms with Crippen LogP contribution in [0.25, 0.3) is 0 Å². The number of carbonyl (C=O) groups is 1. The Morgan fingerprint density at radius 1 is 1.10 bits per heavy atom. The normalized spacial score (nSPS) is 18.6. The van der Waals surface area contributed by atoms with Gasteiger partial charge in [0.25, 0.3) is 10.0 Å². The molecule has 1 aromatic carbocycles. The number of anilines is 1. The fourth-order valence-corrected chi connectivity index (χ4v) is 5.15. The van der Waals surface area contributed by atoms with E-state index in [9.17, 15) is 13.2 Å². The van der Waals surface area contributed by atoms with E-state index in [1.165, 1.54) is 21.4 Å². The van der Waals surface area contributed by atoms with Crippen LogP contribution in [0.4, 0.5) is 5.69 Å². The molecule has 0 bridgehead atoms. The van der Waals surface area contributed by atoms with Crippen molar-refractivity contribution in [3.05, 3.63) is 41.8 Å². The van der Waals surface area contributed by atoms with E-state index in [1.807, 2.05) is 24.3 Å². The van der Waals surface area contributed by atoms with E-state index in [0.29, 0.717) is 57.5 Å². The molecule has 2 aliphatic rings. The van der Waals surface area contributed by atoms with Gasteiger partial charge in [-0.05, 0) is 18.2 Å². The minimum atomic E-state index is -3.66. The zero-order valence-electron chi connectivity index (χ0n) is 16.5. The lowest BCUT2D eigenvalue weighted by molar-refractivity contribution is -0.132. The number of hydrogen-bond acceptors (Lipinski definition) is 6. The van der Waals surface area contributed by atoms with Gasteiger partial charge in [-0.1, -0.05) is 17.7 Å². The largest absolute Gasteiger partial charge is 0.379 e. The van der Waals surface area contributed by atoms with Crippen LogP contribution in [0.3, 0.4) is 0 Å². The van der Waals surface area contributed by atoms with E-state index >= 15 is 0 Å². The first kappa shape index (κ1) is 21.1. The standard InChI is InChI=1S/C19H24ClN5O4S/c20-16-2-1-3-17(12-16)23-4-6-24(7-5-23)19(26)14-22-13-18(21-15-22)30(27,28)25-8-10-29-11-9-25/h1-3,12-13,15H,4-11,14H2. The van der Waals surface area contributed by atoms with Gasteiger partial charge >= 0.3 is 0 Å². The number of sulfonamides is 1. The first-order valence-electron chi connectivity index (χ1n) is 9.81. The van der Waals surface area contributed by atoms with Crippen LogP contribution >= 0.6 is 11.6 Å². The molecule has 2 fully saturated rings. The quantitative estimate of drug-likeness (QED) is 0.668. The first-order valence-corrected chi connectivity index (χ1v) is 11.6. The Kier molecular flexibility index (Phi) is 6.28. The third-order valence-corrected chi connectivity index (χ3v) is 7.33. The van der Waals surface area contributed by atoms with E-state index in [0.717, 1.165) is 5.69 Å². The fourth-order valence-electron chi connectivity index (χ4n) is 3.62. The molecular formula is C19H24ClN5O4S. The van der Waals surface area contributed by atoms with Crippen LogP contribution in [-0.2, 0) is 26.1 Å². The molecule has 2 saturated heterocycles. The van der Waals surface area contributed by atoms with E-state index in [-0.39, 0.29) is 17.5 Å². The number of piperazine rings is 1. The molecule has 0 spiro atoms. The summed E-state index contributed by atoms with van der Waals surface area (Å²) in [5.41, 5.74) is 1.04. The number of amides is 1. The van der Waals surface area contributed by atoms with Crippen LogP contribution in [0.1, 0.15) is 0 Å². The van der Waals surface area contributed by atoms with Crippen molar-refractivity contribution in [1.82, 2.24) is 18.8 Å². The molecule has 30 heavy (non-hydrogen) atoms. The van der Waals surface area contributed by atoms with Crippen molar-refractivity contribution in [3.8, 4) is 0 Å². The zero-order chi connectivity index (χ0) is 21.1. The maximum atomic E-state index is 12.7. The monoisotopic (exact) mass is 453 g/mol. The molecule has 3 heterocycles. The number of nitrogens with zero attached hydrogens (tertiary/aromatic N) is 5. The second kappa shape index (κ2) is 8.93. The van der Waals surface area contributed by atoms with Gasteiger partial charge in [-0.15, -0.1) is 0 Å². The van der Waals surface area contributed by atoms with E-state index in [2.05, 4.69) is 9.88 Å². The van der Waals surface area contributed by atoms with E-state index < -0.39 is 10.0 Å². The Hall–Kier alpha value is -2.14. The topological polar surface area (TPSA) is 88.0 Å². The molecule has 0 aliphatic carbocycles. The maximum Gasteiger partial charge on any atom is 0.262 e. The van der Waals surface area contributed by atoms with Gasteiger partial charge in [-0.2, -0.15) is 4.31 Å². The van der Waals surface area contributed by atoms with E-state index in [1.54, 1.807) is 4.90 Å². The molecule has 0 saturated carbocycles. The summed E-state index contributed by atoms with van der Waals surface area (Å²) in [5, 5.41) is 0.650. The van der Waals surface area contributed by atoms with Crippen LogP contribution in [0, 0.1) is 0 Å². The third kappa shape index (κ3) is 4.61. The summed E-state index contributed by atoms with van der Waals surface area (Å²) >= 11 is 6.07. The van der Waals surface area contributed by atoms with Crippen molar-refractivity contribution in [2.24, 2.45) is 0 Å². The SMILES string of the molecule is O=C(Cn1cnc(S(=O)(=O)N2CCOCC2)c1)N1CCN(c2cccc(Cl)c2)CC1. The second-order valence-corrected chi connectivity index (χ2v) is 9.57. The molecule has 11 heteroatoms. The number of benzene rings is 1. The van der Waals surface area contributed by atoms with Crippen molar-refractivity contribution in [3.63, 3.8) is 0 Å². The highest BCUT2D eigenvalue weighted by molar-refractivity contribution is 7.89. The van der Waals surface area contributed by atoms with Gasteiger partial charge in [0.05, 0.1) is 19.5 Å². The second-order valence-electron chi connectivity index (χ2n) is 7.25. The Balaban J connectivity index is 1.34. The summed E-state index contributed by atoms with van der Waals surface area (Å²) in [6.07, 6.45) is 2.82. The maximum absolute atomic E-state index is 12.7. The van der Waals surface area contributed by atoms with Crippen LogP contribution < -0.4 is 4.90 Å². The van der Waals surface area contributed by atoms with Crippen molar-refractivity contribution in [2.45, 2.75) is 11.6 Å². The number of imidazole rings is 1. The van der Waals surface area contributed by atoms with Gasteiger partial charge in [0, 0.05) is 56.2 Å². The molecule has 9 nitrogen and oxygen atoms in total. The number of aromatic nitrogens is 2. The summed E-state index contributed by atoms with van der Waals surface area (Å²) in [6.45, 7) is 4.05. The van der Waals surface area contributed by atoms with Crippen LogP contribution in [0.5, 0.6) is 0 Å². The molecule has 162 valence electrons. The molecule has 2 aromatic rings. The molecule has 0 N–H and O–H groups in total. The number of ether oxygens (including phenoxy) is 1. The van der Waals surface area contributed by atoms with Gasteiger partial charge < -0.3 is 19.1 Å². The summed E-state index contributed by atoms with van der Waals surface area (Å²) in [5.74, 6) is -0.0616. The van der Waals surface area contributed by atoms with Crippen LogP contribution in [0.15, 0.2) is 41.8 Å². The molecule has 0 radical (unpaired) electrons. The minimum Gasteiger partial charge on any atom is -0.379 e. The van der Waals surface area contributed by atoms with Crippen molar-refractivity contribution < 1.29 is 17.9 Å². The fraction of sp³-hybridized carbons (Fsp3) is 0.474. The molecule has 0 atom stereocenters. The predicted molar refractivity (Wildman–Crippen MR) is 112 cm³/mol. The molecular weight excluding hydrogens is 430 g/mol. The van der Waals surface area contributed by atoms with Gasteiger partial charge in [-0.25, -0.2) is 13.4 Å². The van der Waals surface area contributed by atoms with E-state index in [4.69, 9.17) is 16.3 Å². The zero-order valence-corrected chi connectivity index (χ0v) is 18.1. The first-order chi connectivity index (χ1) is 14.4. The van der Waals surface area contributed by atoms with Crippen LogP contribution in [0.2, 0.25) is 5.02 Å². The summed E-state index contributed by atoms with van der Waals surface area (Å²) in [6, 6.07) is 7.67. The lowest BCUT2D eigenvalue weighted by Gasteiger charge is -2.36. The van der Waals surface area contributed by atoms with Crippen molar-refractivity contribution >= 4 is 33.2 Å². The molecule has 0 unspecified atom stereocenters. The summed E-state index contributed by atoms with van der Waals surface area (Å²) < 4.78 is 33.4. The Morgan fingerprint density at radius 2 is 1.83 bits per heavy atom. The van der Waals surface area contributed by atoms with Crippen molar-refractivity contribution in [1.29, 1.82) is 0 Å². The van der Waals surface area contributed by atoms with Gasteiger partial charge in [0.15, 0.2) is 5.03 Å². The Morgan fingerprint density at radius 3 is 2.53 bits per heavy atom. The van der Waals surface area contributed by atoms with Gasteiger partial charge in [0.2, 0.25) is 5.91 Å². The highest BCUT2D eigenvalue weighted by Gasteiger charge is 2.29. The lowest BCUT2D eigenvalue weighted by atomic mass is 10.2. The summed E-state index contributed by atoms with van der Waals surface area (Å²) in [7, 11) is -3.66. The molecule has 2 aliphatic heterocycles. The molecule has 1 aromatic heterocycles. The van der Waals surface area contributed by atoms with Crippen molar-refractivity contribution in [2.75, 3.05) is 57.4 Å². The minimum absolute atomic E-state index is 0.0389.